The zero-order chi connectivity index (χ0) is 18.3. The molecule has 0 saturated carbocycles. The molecule has 4 aromatic rings. The fraction of sp³-hybridized carbons (Fsp3) is 0.300. The summed E-state index contributed by atoms with van der Waals surface area (Å²) in [6, 6.07) is 9.36. The van der Waals surface area contributed by atoms with Gasteiger partial charge in [0, 0.05) is 29.9 Å². The van der Waals surface area contributed by atoms with Gasteiger partial charge in [0.05, 0.1) is 21.9 Å². The Morgan fingerprint density at radius 3 is 2.77 bits per heavy atom. The molecular formula is C20H23N5O. The first-order valence-electron chi connectivity index (χ1n) is 9.05. The molecule has 0 spiro atoms. The molecule has 0 atom stereocenters. The van der Waals surface area contributed by atoms with E-state index < -0.39 is 0 Å². The average molecular weight is 349 g/mol. The minimum atomic E-state index is -0.00348. The number of benzene rings is 2. The highest BCUT2D eigenvalue weighted by atomic mass is 16.1. The highest BCUT2D eigenvalue weighted by Gasteiger charge is 2.16. The Morgan fingerprint density at radius 1 is 1.19 bits per heavy atom. The summed E-state index contributed by atoms with van der Waals surface area (Å²) < 4.78 is 1.98. The molecule has 2 aromatic heterocycles. The summed E-state index contributed by atoms with van der Waals surface area (Å²) >= 11 is 0. The average Bonchev–Trinajstić information content (AvgIpc) is 3.08. The quantitative estimate of drug-likeness (QED) is 0.413. The lowest BCUT2D eigenvalue weighted by Gasteiger charge is -2.19. The summed E-state index contributed by atoms with van der Waals surface area (Å²) in [6.07, 6.45) is 1.77. The van der Waals surface area contributed by atoms with Gasteiger partial charge < -0.3 is 16.0 Å². The number of hydrogen-bond acceptors (Lipinski definition) is 5. The molecule has 6 heteroatoms. The van der Waals surface area contributed by atoms with Crippen molar-refractivity contribution in [3.8, 4) is 0 Å². The van der Waals surface area contributed by atoms with Gasteiger partial charge in [0.2, 0.25) is 0 Å². The van der Waals surface area contributed by atoms with Gasteiger partial charge in [0.25, 0.3) is 0 Å². The number of nitrogens with zero attached hydrogens (tertiary/aromatic N) is 3. The van der Waals surface area contributed by atoms with E-state index in [0.29, 0.717) is 16.5 Å². The van der Waals surface area contributed by atoms with Crippen LogP contribution in [0.2, 0.25) is 0 Å². The van der Waals surface area contributed by atoms with Crippen molar-refractivity contribution in [1.82, 2.24) is 14.3 Å². The zero-order valence-corrected chi connectivity index (χ0v) is 15.1. The minimum absolute atomic E-state index is 0.00348. The van der Waals surface area contributed by atoms with Crippen molar-refractivity contribution in [2.24, 2.45) is 0 Å². The number of nitrogens with two attached hydrogens (primary N) is 1. The molecule has 0 unspecified atom stereocenters. The standard InChI is InChI=1S/C20H23N5O/c1-3-24(4-2)10-9-22-15-6-7-16-19-18(15)20(26)14-11-13(21)5-8-17(14)25(19)12-23-16/h5-8,11-12,22H,3-4,9-10,21H2,1-2H3. The van der Waals surface area contributed by atoms with Gasteiger partial charge in [-0.1, -0.05) is 13.8 Å². The fourth-order valence-electron chi connectivity index (χ4n) is 3.63. The molecule has 0 aliphatic rings. The number of nitrogens with one attached hydrogen (secondary N) is 1. The number of fused-ring (bicyclic) bond motifs is 2. The third-order valence-electron chi connectivity index (χ3n) is 5.10. The van der Waals surface area contributed by atoms with Gasteiger partial charge in [-0.2, -0.15) is 0 Å². The predicted octanol–water partition coefficient (Wildman–Crippen LogP) is 2.77. The Hall–Kier alpha value is -2.86. The van der Waals surface area contributed by atoms with Gasteiger partial charge in [-0.3, -0.25) is 9.20 Å². The SMILES string of the molecule is CCN(CC)CCNc1ccc2ncn3c4ccc(N)cc4c(=O)c1c23. The molecule has 4 rings (SSSR count). The van der Waals surface area contributed by atoms with Gasteiger partial charge in [-0.15, -0.1) is 0 Å². The van der Waals surface area contributed by atoms with E-state index in [1.807, 2.05) is 28.7 Å². The van der Waals surface area contributed by atoms with Gasteiger partial charge >= 0.3 is 0 Å². The van der Waals surface area contributed by atoms with Crippen LogP contribution in [0.5, 0.6) is 0 Å². The van der Waals surface area contributed by atoms with Crippen molar-refractivity contribution in [2.45, 2.75) is 13.8 Å². The molecule has 2 heterocycles. The van der Waals surface area contributed by atoms with Gasteiger partial charge in [0.15, 0.2) is 5.43 Å². The summed E-state index contributed by atoms with van der Waals surface area (Å²) in [5.41, 5.74) is 9.87. The van der Waals surface area contributed by atoms with Crippen molar-refractivity contribution < 1.29 is 0 Å². The molecule has 0 aliphatic heterocycles. The number of nitrogen functional groups attached to an aromatic ring is 1. The normalized spacial score (nSPS) is 12.0. The lowest BCUT2D eigenvalue weighted by atomic mass is 10.1. The molecule has 0 aliphatic carbocycles. The molecular weight excluding hydrogens is 326 g/mol. The number of pyridine rings is 1. The third kappa shape index (κ3) is 2.54. The Balaban J connectivity index is 1.87. The molecule has 0 bridgehead atoms. The van der Waals surface area contributed by atoms with Crippen LogP contribution >= 0.6 is 0 Å². The Morgan fingerprint density at radius 2 is 2.00 bits per heavy atom. The second-order valence-electron chi connectivity index (χ2n) is 6.53. The maximum atomic E-state index is 13.2. The van der Waals surface area contributed by atoms with Crippen molar-refractivity contribution >= 4 is 38.7 Å². The highest BCUT2D eigenvalue weighted by molar-refractivity contribution is 6.07. The van der Waals surface area contributed by atoms with E-state index >= 15 is 0 Å². The maximum Gasteiger partial charge on any atom is 0.199 e. The number of imidazole rings is 1. The van der Waals surface area contributed by atoms with Crippen molar-refractivity contribution in [1.29, 1.82) is 0 Å². The molecule has 134 valence electrons. The number of rotatable bonds is 6. The molecule has 6 nitrogen and oxygen atoms in total. The first-order chi connectivity index (χ1) is 12.6. The Bertz CT molecular complexity index is 1130. The van der Waals surface area contributed by atoms with E-state index in [1.54, 1.807) is 12.4 Å². The van der Waals surface area contributed by atoms with Gasteiger partial charge in [0.1, 0.15) is 6.33 Å². The topological polar surface area (TPSA) is 75.7 Å². The van der Waals surface area contributed by atoms with Crippen LogP contribution < -0.4 is 16.5 Å². The molecule has 0 amide bonds. The third-order valence-corrected chi connectivity index (χ3v) is 5.10. The minimum Gasteiger partial charge on any atom is -0.399 e. The summed E-state index contributed by atoms with van der Waals surface area (Å²) in [5.74, 6) is 0. The monoisotopic (exact) mass is 349 g/mol. The summed E-state index contributed by atoms with van der Waals surface area (Å²) in [5, 5.41) is 4.75. The predicted molar refractivity (Wildman–Crippen MR) is 108 cm³/mol. The first-order valence-corrected chi connectivity index (χ1v) is 9.05. The zero-order valence-electron chi connectivity index (χ0n) is 15.1. The number of likely N-dealkylation sites (N-methyl/N-ethyl adjacent to an activating group) is 1. The van der Waals surface area contributed by atoms with E-state index in [1.165, 1.54) is 0 Å². The highest BCUT2D eigenvalue weighted by Crippen LogP contribution is 2.28. The second kappa shape index (κ2) is 6.46. The molecule has 0 fully saturated rings. The summed E-state index contributed by atoms with van der Waals surface area (Å²) in [4.78, 5) is 20.0. The van der Waals surface area contributed by atoms with Gasteiger partial charge in [-0.25, -0.2) is 4.98 Å². The van der Waals surface area contributed by atoms with Crippen LogP contribution in [-0.4, -0.2) is 40.5 Å². The Kier molecular flexibility index (Phi) is 4.12. The van der Waals surface area contributed by atoms with Crippen molar-refractivity contribution in [3.05, 3.63) is 46.9 Å². The van der Waals surface area contributed by atoms with Crippen LogP contribution in [0.25, 0.3) is 27.3 Å². The van der Waals surface area contributed by atoms with E-state index in [4.69, 9.17) is 5.73 Å². The number of aromatic nitrogens is 2. The molecule has 3 N–H and O–H groups in total. The van der Waals surface area contributed by atoms with E-state index in [9.17, 15) is 4.79 Å². The second-order valence-corrected chi connectivity index (χ2v) is 6.53. The lowest BCUT2D eigenvalue weighted by Crippen LogP contribution is -2.28. The van der Waals surface area contributed by atoms with Gasteiger partial charge in [-0.05, 0) is 43.4 Å². The first kappa shape index (κ1) is 16.6. The summed E-state index contributed by atoms with van der Waals surface area (Å²) in [7, 11) is 0. The molecule has 2 aromatic carbocycles. The van der Waals surface area contributed by atoms with Crippen LogP contribution in [0.15, 0.2) is 41.5 Å². The smallest absolute Gasteiger partial charge is 0.199 e. The molecule has 0 radical (unpaired) electrons. The lowest BCUT2D eigenvalue weighted by molar-refractivity contribution is 0.316. The Labute approximate surface area is 151 Å². The van der Waals surface area contributed by atoms with Crippen LogP contribution in [-0.2, 0) is 0 Å². The summed E-state index contributed by atoms with van der Waals surface area (Å²) in [6.45, 7) is 8.06. The van der Waals surface area contributed by atoms with Crippen LogP contribution in [0.3, 0.4) is 0 Å². The van der Waals surface area contributed by atoms with Crippen LogP contribution in [0, 0.1) is 0 Å². The van der Waals surface area contributed by atoms with Crippen LogP contribution in [0.4, 0.5) is 11.4 Å². The molecule has 26 heavy (non-hydrogen) atoms. The largest absolute Gasteiger partial charge is 0.399 e. The van der Waals surface area contributed by atoms with Crippen molar-refractivity contribution in [3.63, 3.8) is 0 Å². The van der Waals surface area contributed by atoms with E-state index in [0.717, 1.165) is 48.4 Å². The number of hydrogen-bond donors (Lipinski definition) is 2. The molecule has 0 saturated heterocycles. The van der Waals surface area contributed by atoms with Crippen LogP contribution in [0.1, 0.15) is 13.8 Å². The van der Waals surface area contributed by atoms with Crippen molar-refractivity contribution in [2.75, 3.05) is 37.2 Å². The fourth-order valence-corrected chi connectivity index (χ4v) is 3.63. The van der Waals surface area contributed by atoms with E-state index in [2.05, 4.69) is 29.0 Å². The van der Waals surface area contributed by atoms with E-state index in [-0.39, 0.29) is 5.43 Å². The number of anilines is 2. The maximum absolute atomic E-state index is 13.2.